The largest absolute Gasteiger partial charge is 0.352 e. The third-order valence-corrected chi connectivity index (χ3v) is 8.16. The Labute approximate surface area is 217 Å². The Morgan fingerprint density at radius 1 is 1.09 bits per heavy atom. The van der Waals surface area contributed by atoms with Crippen LogP contribution >= 0.6 is 23.2 Å². The lowest BCUT2D eigenvalue weighted by Gasteiger charge is -2.32. The Hall–Kier alpha value is -2.29. The van der Waals surface area contributed by atoms with Crippen LogP contribution in [0.3, 0.4) is 0 Å². The molecule has 1 N–H and O–H groups in total. The van der Waals surface area contributed by atoms with Crippen molar-refractivity contribution < 1.29 is 18.0 Å². The summed E-state index contributed by atoms with van der Waals surface area (Å²) in [6.45, 7) is 3.25. The lowest BCUT2D eigenvalue weighted by Crippen LogP contribution is -2.52. The van der Waals surface area contributed by atoms with Crippen LogP contribution in [0.4, 0.5) is 5.69 Å². The van der Waals surface area contributed by atoms with Crippen LogP contribution in [-0.4, -0.2) is 50.0 Å². The predicted molar refractivity (Wildman–Crippen MR) is 140 cm³/mol. The number of benzene rings is 2. The van der Waals surface area contributed by atoms with Gasteiger partial charge in [0.25, 0.3) is 0 Å². The Balaban J connectivity index is 1.90. The normalized spacial score (nSPS) is 15.0. The number of rotatable bonds is 9. The van der Waals surface area contributed by atoms with E-state index in [1.807, 2.05) is 31.2 Å². The number of hydrogen-bond acceptors (Lipinski definition) is 4. The maximum absolute atomic E-state index is 13.6. The number of nitrogens with one attached hydrogen (secondary N) is 1. The molecule has 0 aliphatic heterocycles. The van der Waals surface area contributed by atoms with Gasteiger partial charge in [0.1, 0.15) is 12.6 Å². The molecule has 2 aromatic rings. The summed E-state index contributed by atoms with van der Waals surface area (Å²) in [5.41, 5.74) is 2.00. The Bertz CT molecular complexity index is 1170. The predicted octanol–water partition coefficient (Wildman–Crippen LogP) is 4.54. The first-order valence-electron chi connectivity index (χ1n) is 11.5. The van der Waals surface area contributed by atoms with Crippen LogP contribution in [0.2, 0.25) is 10.0 Å². The highest BCUT2D eigenvalue weighted by atomic mass is 35.5. The van der Waals surface area contributed by atoms with E-state index in [-0.39, 0.29) is 34.2 Å². The molecule has 1 aliphatic rings. The van der Waals surface area contributed by atoms with Crippen molar-refractivity contribution >= 4 is 50.7 Å². The lowest BCUT2D eigenvalue weighted by atomic mass is 10.1. The average Bonchev–Trinajstić information content (AvgIpc) is 3.31. The second-order valence-electron chi connectivity index (χ2n) is 9.02. The summed E-state index contributed by atoms with van der Waals surface area (Å²) in [4.78, 5) is 28.1. The first kappa shape index (κ1) is 27.3. The number of sulfonamides is 1. The summed E-state index contributed by atoms with van der Waals surface area (Å²) >= 11 is 12.4. The molecule has 1 aliphatic carbocycles. The van der Waals surface area contributed by atoms with Crippen molar-refractivity contribution in [3.63, 3.8) is 0 Å². The molecule has 1 unspecified atom stereocenters. The van der Waals surface area contributed by atoms with Crippen LogP contribution in [-0.2, 0) is 26.2 Å². The van der Waals surface area contributed by atoms with Gasteiger partial charge in [-0.05, 0) is 44.4 Å². The van der Waals surface area contributed by atoms with Crippen LogP contribution < -0.4 is 9.62 Å². The average molecular weight is 541 g/mol. The van der Waals surface area contributed by atoms with Gasteiger partial charge in [-0.3, -0.25) is 13.9 Å². The highest BCUT2D eigenvalue weighted by Crippen LogP contribution is 2.33. The standard InChI is InChI=1S/C25H31Cl2N3O4S/c1-17-11-13-19(14-12-17)15-29(18(2)25(32)28-20-7-4-5-8-20)23(31)16-30(35(3,33)34)22-10-6-9-21(26)24(22)27/h6,9-14,18,20H,4-5,7-8,15-16H2,1-3H3,(H,28,32). The molecule has 0 saturated heterocycles. The zero-order valence-electron chi connectivity index (χ0n) is 20.1. The molecule has 1 atom stereocenters. The first-order valence-corrected chi connectivity index (χ1v) is 14.1. The van der Waals surface area contributed by atoms with Crippen molar-refractivity contribution in [2.45, 2.75) is 58.2 Å². The highest BCUT2D eigenvalue weighted by molar-refractivity contribution is 7.92. The van der Waals surface area contributed by atoms with Crippen molar-refractivity contribution in [1.29, 1.82) is 0 Å². The van der Waals surface area contributed by atoms with Gasteiger partial charge in [0.15, 0.2) is 0 Å². The molecule has 0 radical (unpaired) electrons. The maximum atomic E-state index is 13.6. The van der Waals surface area contributed by atoms with E-state index in [1.165, 1.54) is 17.0 Å². The topological polar surface area (TPSA) is 86.8 Å². The molecule has 0 bridgehead atoms. The zero-order chi connectivity index (χ0) is 25.8. The van der Waals surface area contributed by atoms with Gasteiger partial charge in [0.2, 0.25) is 21.8 Å². The Morgan fingerprint density at radius 2 is 1.71 bits per heavy atom. The fraction of sp³-hybridized carbons (Fsp3) is 0.440. The van der Waals surface area contributed by atoms with Crippen molar-refractivity contribution in [3.05, 3.63) is 63.6 Å². The van der Waals surface area contributed by atoms with E-state index in [0.717, 1.165) is 47.4 Å². The number of carbonyl (C=O) groups excluding carboxylic acids is 2. The van der Waals surface area contributed by atoms with E-state index in [0.29, 0.717) is 0 Å². The molecule has 1 saturated carbocycles. The number of hydrogen-bond donors (Lipinski definition) is 1. The third-order valence-electron chi connectivity index (χ3n) is 6.22. The maximum Gasteiger partial charge on any atom is 0.244 e. The number of aryl methyl sites for hydroxylation is 1. The highest BCUT2D eigenvalue weighted by Gasteiger charge is 2.32. The molecule has 0 spiro atoms. The quantitative estimate of drug-likeness (QED) is 0.506. The van der Waals surface area contributed by atoms with Crippen molar-refractivity contribution in [1.82, 2.24) is 10.2 Å². The summed E-state index contributed by atoms with van der Waals surface area (Å²) in [7, 11) is -3.89. The van der Waals surface area contributed by atoms with Crippen LogP contribution in [0.1, 0.15) is 43.7 Å². The summed E-state index contributed by atoms with van der Waals surface area (Å²) in [6.07, 6.45) is 4.96. The molecule has 3 rings (SSSR count). The molecular weight excluding hydrogens is 509 g/mol. The van der Waals surface area contributed by atoms with Gasteiger partial charge in [0, 0.05) is 12.6 Å². The molecule has 0 heterocycles. The first-order chi connectivity index (χ1) is 16.5. The fourth-order valence-corrected chi connectivity index (χ4v) is 5.45. The van der Waals surface area contributed by atoms with E-state index in [9.17, 15) is 18.0 Å². The summed E-state index contributed by atoms with van der Waals surface area (Å²) in [5, 5.41) is 3.24. The third kappa shape index (κ3) is 7.12. The van der Waals surface area contributed by atoms with E-state index in [1.54, 1.807) is 13.0 Å². The van der Waals surface area contributed by atoms with Crippen molar-refractivity contribution in [2.75, 3.05) is 17.1 Å². The van der Waals surface area contributed by atoms with E-state index in [4.69, 9.17) is 23.2 Å². The van der Waals surface area contributed by atoms with Crippen LogP contribution in [0.5, 0.6) is 0 Å². The molecule has 7 nitrogen and oxygen atoms in total. The molecule has 10 heteroatoms. The number of anilines is 1. The monoisotopic (exact) mass is 539 g/mol. The van der Waals surface area contributed by atoms with Gasteiger partial charge in [-0.15, -0.1) is 0 Å². The molecule has 190 valence electrons. The van der Waals surface area contributed by atoms with Gasteiger partial charge < -0.3 is 10.2 Å². The number of carbonyl (C=O) groups is 2. The second-order valence-corrected chi connectivity index (χ2v) is 11.7. The van der Waals surface area contributed by atoms with E-state index in [2.05, 4.69) is 5.32 Å². The van der Waals surface area contributed by atoms with E-state index < -0.39 is 28.5 Å². The molecule has 0 aromatic heterocycles. The van der Waals surface area contributed by atoms with E-state index >= 15 is 0 Å². The summed E-state index contributed by atoms with van der Waals surface area (Å²) in [6, 6.07) is 11.5. The minimum atomic E-state index is -3.89. The molecule has 2 amide bonds. The molecule has 2 aromatic carbocycles. The number of nitrogens with zero attached hydrogens (tertiary/aromatic N) is 2. The Kier molecular flexibility index (Phi) is 9.07. The van der Waals surface area contributed by atoms with Crippen molar-refractivity contribution in [2.24, 2.45) is 0 Å². The lowest BCUT2D eigenvalue weighted by molar-refractivity contribution is -0.139. The Morgan fingerprint density at radius 3 is 2.31 bits per heavy atom. The van der Waals surface area contributed by atoms with Gasteiger partial charge in [-0.2, -0.15) is 0 Å². The molecule has 1 fully saturated rings. The van der Waals surface area contributed by atoms with Gasteiger partial charge in [0.05, 0.1) is 22.0 Å². The van der Waals surface area contributed by atoms with Crippen molar-refractivity contribution in [3.8, 4) is 0 Å². The SMILES string of the molecule is Cc1ccc(CN(C(=O)CN(c2cccc(Cl)c2Cl)S(C)(=O)=O)C(C)C(=O)NC2CCCC2)cc1. The zero-order valence-corrected chi connectivity index (χ0v) is 22.5. The van der Waals surface area contributed by atoms with Gasteiger partial charge in [-0.1, -0.05) is 71.9 Å². The van der Waals surface area contributed by atoms with Gasteiger partial charge >= 0.3 is 0 Å². The molecular formula is C25H31Cl2N3O4S. The summed E-state index contributed by atoms with van der Waals surface area (Å²) in [5.74, 6) is -0.787. The number of halogens is 2. The fourth-order valence-electron chi connectivity index (χ4n) is 4.14. The molecule has 35 heavy (non-hydrogen) atoms. The van der Waals surface area contributed by atoms with Gasteiger partial charge in [-0.25, -0.2) is 8.42 Å². The minimum Gasteiger partial charge on any atom is -0.352 e. The van der Waals surface area contributed by atoms with Crippen LogP contribution in [0.15, 0.2) is 42.5 Å². The second kappa shape index (κ2) is 11.6. The summed E-state index contributed by atoms with van der Waals surface area (Å²) < 4.78 is 26.2. The smallest absolute Gasteiger partial charge is 0.244 e. The van der Waals surface area contributed by atoms with Crippen LogP contribution in [0, 0.1) is 6.92 Å². The van der Waals surface area contributed by atoms with Crippen LogP contribution in [0.25, 0.3) is 0 Å². The minimum absolute atomic E-state index is 0.0319. The number of amides is 2.